The largest absolute Gasteiger partial charge is 0.476 e. The zero-order valence-electron chi connectivity index (χ0n) is 16.7. The normalized spacial score (nSPS) is 22.0. The number of rotatable bonds is 12. The van der Waals surface area contributed by atoms with Gasteiger partial charge in [-0.25, -0.2) is 9.78 Å². The lowest BCUT2D eigenvalue weighted by Gasteiger charge is -2.22. The SMILES string of the molecule is CCCCC[C@](C)(O)C/C=C/[C@H]1CCC(=O)[C@@H]1CCSc1nc(C(=O)O)cs1. The molecule has 1 heterocycles. The molecule has 0 aromatic carbocycles. The van der Waals surface area contributed by atoms with Crippen LogP contribution in [0.2, 0.25) is 0 Å². The van der Waals surface area contributed by atoms with Crippen LogP contribution < -0.4 is 0 Å². The van der Waals surface area contributed by atoms with E-state index in [-0.39, 0.29) is 17.5 Å². The molecule has 1 aliphatic carbocycles. The average Bonchev–Trinajstić information content (AvgIpc) is 3.23. The summed E-state index contributed by atoms with van der Waals surface area (Å²) in [6.07, 6.45) is 11.2. The van der Waals surface area contributed by atoms with Crippen LogP contribution in [0.3, 0.4) is 0 Å². The van der Waals surface area contributed by atoms with Gasteiger partial charge in [0.25, 0.3) is 0 Å². The molecule has 0 amide bonds. The Bertz CT molecular complexity index is 684. The van der Waals surface area contributed by atoms with Crippen LogP contribution >= 0.6 is 23.1 Å². The third-order valence-corrected chi connectivity index (χ3v) is 7.33. The fourth-order valence-corrected chi connectivity index (χ4v) is 5.48. The van der Waals surface area contributed by atoms with Crippen LogP contribution in [0.15, 0.2) is 21.9 Å². The molecule has 3 atom stereocenters. The fraction of sp³-hybridized carbons (Fsp3) is 0.667. The van der Waals surface area contributed by atoms with Gasteiger partial charge in [-0.15, -0.1) is 11.3 Å². The molecule has 0 unspecified atom stereocenters. The van der Waals surface area contributed by atoms with Gasteiger partial charge in [0, 0.05) is 23.5 Å². The van der Waals surface area contributed by atoms with E-state index < -0.39 is 11.6 Å². The highest BCUT2D eigenvalue weighted by Gasteiger charge is 2.32. The minimum absolute atomic E-state index is 0.0210. The van der Waals surface area contributed by atoms with Crippen molar-refractivity contribution in [2.24, 2.45) is 11.8 Å². The molecule has 1 aliphatic rings. The summed E-state index contributed by atoms with van der Waals surface area (Å²) in [5.74, 6) is 0.320. The Labute approximate surface area is 175 Å². The maximum atomic E-state index is 12.3. The van der Waals surface area contributed by atoms with Crippen LogP contribution in [-0.4, -0.2) is 38.3 Å². The molecule has 1 aromatic rings. The van der Waals surface area contributed by atoms with Crippen LogP contribution in [-0.2, 0) is 4.79 Å². The lowest BCUT2D eigenvalue weighted by molar-refractivity contribution is -0.121. The summed E-state index contributed by atoms with van der Waals surface area (Å²) in [6, 6.07) is 0. The Morgan fingerprint density at radius 3 is 2.93 bits per heavy atom. The number of carbonyl (C=O) groups is 2. The first kappa shape index (κ1) is 23.1. The van der Waals surface area contributed by atoms with Crippen molar-refractivity contribution >= 4 is 34.9 Å². The molecule has 2 rings (SSSR count). The third kappa shape index (κ3) is 7.33. The number of ketones is 1. The number of unbranched alkanes of at least 4 members (excludes halogenated alkanes) is 2. The van der Waals surface area contributed by atoms with Crippen molar-refractivity contribution in [2.45, 2.75) is 75.2 Å². The number of carbonyl (C=O) groups excluding carboxylic acids is 1. The van der Waals surface area contributed by atoms with Crippen LogP contribution in [0.25, 0.3) is 0 Å². The summed E-state index contributed by atoms with van der Waals surface area (Å²) in [5.41, 5.74) is -0.594. The Kier molecular flexibility index (Phi) is 9.18. The van der Waals surface area contributed by atoms with Crippen molar-refractivity contribution in [3.63, 3.8) is 0 Å². The highest BCUT2D eigenvalue weighted by molar-refractivity contribution is 8.01. The predicted octanol–water partition coefficient (Wildman–Crippen LogP) is 5.20. The van der Waals surface area contributed by atoms with E-state index in [4.69, 9.17) is 5.11 Å². The predicted molar refractivity (Wildman–Crippen MR) is 114 cm³/mol. The molecule has 0 bridgehead atoms. The molecule has 0 spiro atoms. The quantitative estimate of drug-likeness (QED) is 0.272. The second kappa shape index (κ2) is 11.1. The number of nitrogens with zero attached hydrogens (tertiary/aromatic N) is 1. The molecule has 0 radical (unpaired) electrons. The van der Waals surface area contributed by atoms with E-state index in [9.17, 15) is 14.7 Å². The second-order valence-electron chi connectivity index (χ2n) is 7.80. The molecule has 1 aromatic heterocycles. The molecule has 0 aliphatic heterocycles. The highest BCUT2D eigenvalue weighted by Crippen LogP contribution is 2.35. The molecule has 5 nitrogen and oxygen atoms in total. The first-order valence-corrected chi connectivity index (χ1v) is 11.9. The van der Waals surface area contributed by atoms with Gasteiger partial charge in [0.15, 0.2) is 10.0 Å². The number of allylic oxidation sites excluding steroid dienone is 1. The molecular formula is C21H31NO4S2. The number of aliphatic hydroxyl groups is 1. The number of Topliss-reactive ketones (excluding diaryl/α,β-unsaturated/α-hetero) is 1. The van der Waals surface area contributed by atoms with Crippen molar-refractivity contribution in [1.82, 2.24) is 4.98 Å². The van der Waals surface area contributed by atoms with Gasteiger partial charge in [-0.2, -0.15) is 0 Å². The topological polar surface area (TPSA) is 87.5 Å². The third-order valence-electron chi connectivity index (χ3n) is 5.27. The fourth-order valence-electron chi connectivity index (χ4n) is 3.59. The van der Waals surface area contributed by atoms with E-state index in [2.05, 4.69) is 24.1 Å². The Morgan fingerprint density at radius 2 is 2.25 bits per heavy atom. The number of carboxylic acids is 1. The smallest absolute Gasteiger partial charge is 0.355 e. The summed E-state index contributed by atoms with van der Waals surface area (Å²) >= 11 is 2.85. The number of aromatic nitrogens is 1. The monoisotopic (exact) mass is 425 g/mol. The Balaban J connectivity index is 1.80. The van der Waals surface area contributed by atoms with E-state index in [1.165, 1.54) is 23.1 Å². The van der Waals surface area contributed by atoms with E-state index in [1.54, 1.807) is 5.38 Å². The summed E-state index contributed by atoms with van der Waals surface area (Å²) in [5, 5.41) is 20.9. The van der Waals surface area contributed by atoms with E-state index >= 15 is 0 Å². The molecular weight excluding hydrogens is 394 g/mol. The maximum absolute atomic E-state index is 12.3. The van der Waals surface area contributed by atoms with Gasteiger partial charge in [-0.3, -0.25) is 4.79 Å². The standard InChI is InChI=1S/C21H31NO4S2/c1-3-4-5-11-21(2,26)12-6-7-15-8-9-18(23)16(15)10-13-27-20-22-17(14-28-20)19(24)25/h6-7,14-16,26H,3-5,8-13H2,1-2H3,(H,24,25)/b7-6+/t15-,16+,21-/m0/s1. The number of hydrogen-bond donors (Lipinski definition) is 2. The van der Waals surface area contributed by atoms with Crippen molar-refractivity contribution in [3.05, 3.63) is 23.2 Å². The van der Waals surface area contributed by atoms with Gasteiger partial charge in [0.1, 0.15) is 5.78 Å². The molecule has 2 N–H and O–H groups in total. The zero-order chi connectivity index (χ0) is 20.6. The highest BCUT2D eigenvalue weighted by atomic mass is 32.2. The lowest BCUT2D eigenvalue weighted by atomic mass is 9.90. The molecule has 28 heavy (non-hydrogen) atoms. The number of carboxylic acid groups (broad SMARTS) is 1. The van der Waals surface area contributed by atoms with Crippen molar-refractivity contribution in [2.75, 3.05) is 5.75 Å². The van der Waals surface area contributed by atoms with Crippen molar-refractivity contribution in [3.8, 4) is 0 Å². The van der Waals surface area contributed by atoms with E-state index in [0.29, 0.717) is 18.6 Å². The van der Waals surface area contributed by atoms with Crippen LogP contribution in [0, 0.1) is 11.8 Å². The van der Waals surface area contributed by atoms with Crippen molar-refractivity contribution < 1.29 is 19.8 Å². The van der Waals surface area contributed by atoms with Crippen LogP contribution in [0.4, 0.5) is 0 Å². The molecule has 0 saturated heterocycles. The summed E-state index contributed by atoms with van der Waals surface area (Å²) in [7, 11) is 0. The van der Waals surface area contributed by atoms with Crippen LogP contribution in [0.1, 0.15) is 75.7 Å². The average molecular weight is 426 g/mol. The van der Waals surface area contributed by atoms with Gasteiger partial charge < -0.3 is 10.2 Å². The first-order valence-electron chi connectivity index (χ1n) is 10.1. The van der Waals surface area contributed by atoms with Crippen LogP contribution in [0.5, 0.6) is 0 Å². The number of aromatic carboxylic acids is 1. The zero-order valence-corrected chi connectivity index (χ0v) is 18.4. The summed E-state index contributed by atoms with van der Waals surface area (Å²) < 4.78 is 0.734. The van der Waals surface area contributed by atoms with Gasteiger partial charge in [-0.1, -0.05) is 50.1 Å². The van der Waals surface area contributed by atoms with Gasteiger partial charge >= 0.3 is 5.97 Å². The molecule has 1 saturated carbocycles. The Morgan fingerprint density at radius 1 is 1.46 bits per heavy atom. The van der Waals surface area contributed by atoms with Gasteiger partial charge in [-0.05, 0) is 38.5 Å². The van der Waals surface area contributed by atoms with E-state index in [1.807, 2.05) is 6.92 Å². The first-order chi connectivity index (χ1) is 13.3. The molecule has 7 heteroatoms. The number of thiazole rings is 1. The maximum Gasteiger partial charge on any atom is 0.355 e. The van der Waals surface area contributed by atoms with Gasteiger partial charge in [0.05, 0.1) is 5.60 Å². The number of thioether (sulfide) groups is 1. The van der Waals surface area contributed by atoms with E-state index in [0.717, 1.165) is 48.6 Å². The van der Waals surface area contributed by atoms with Crippen molar-refractivity contribution in [1.29, 1.82) is 0 Å². The number of hydrogen-bond acceptors (Lipinski definition) is 6. The summed E-state index contributed by atoms with van der Waals surface area (Å²) in [4.78, 5) is 27.2. The second-order valence-corrected chi connectivity index (χ2v) is 10.0. The Hall–Kier alpha value is -1.18. The minimum Gasteiger partial charge on any atom is -0.476 e. The lowest BCUT2D eigenvalue weighted by Crippen LogP contribution is -2.23. The van der Waals surface area contributed by atoms with Gasteiger partial charge in [0.2, 0.25) is 0 Å². The summed E-state index contributed by atoms with van der Waals surface area (Å²) in [6.45, 7) is 4.05. The minimum atomic E-state index is -1.01. The molecule has 156 valence electrons. The molecule has 1 fully saturated rings.